The molecule has 1 atom stereocenters. The van der Waals surface area contributed by atoms with Crippen molar-refractivity contribution in [2.75, 3.05) is 0 Å². The molecule has 1 nitrogen and oxygen atoms in total. The molecule has 1 unspecified atom stereocenters. The summed E-state index contributed by atoms with van der Waals surface area (Å²) >= 11 is 1.74. The molecule has 0 fully saturated rings. The van der Waals surface area contributed by atoms with Gasteiger partial charge in [-0.15, -0.1) is 0 Å². The van der Waals surface area contributed by atoms with Gasteiger partial charge in [0.05, 0.1) is 0 Å². The maximum absolute atomic E-state index is 3.26. The highest BCUT2D eigenvalue weighted by Crippen LogP contribution is 2.26. The molecular weight excluding hydrogens is 118 g/mol. The van der Waals surface area contributed by atoms with E-state index in [-0.39, 0.29) is 0 Å². The highest BCUT2D eigenvalue weighted by molar-refractivity contribution is 8.01. The average Bonchev–Trinajstić information content (AvgIpc) is 1.98. The Labute approximate surface area is 54.7 Å². The summed E-state index contributed by atoms with van der Waals surface area (Å²) in [6, 6.07) is 0.583. The second-order valence-electron chi connectivity index (χ2n) is 2.18. The van der Waals surface area contributed by atoms with Gasteiger partial charge < -0.3 is 0 Å². The SMILES string of the molecule is CC1=C(C)C(C)NS1. The molecule has 0 saturated heterocycles. The predicted molar refractivity (Wildman–Crippen MR) is 38.6 cm³/mol. The normalized spacial score (nSPS) is 29.6. The van der Waals surface area contributed by atoms with Crippen LogP contribution in [-0.4, -0.2) is 6.04 Å². The summed E-state index contributed by atoms with van der Waals surface area (Å²) in [5.41, 5.74) is 1.48. The van der Waals surface area contributed by atoms with E-state index in [4.69, 9.17) is 0 Å². The number of hydrogen-bond donors (Lipinski definition) is 1. The molecule has 1 aliphatic rings. The lowest BCUT2D eigenvalue weighted by molar-refractivity contribution is 0.814. The highest BCUT2D eigenvalue weighted by atomic mass is 32.2. The Balaban J connectivity index is 2.71. The largest absolute Gasteiger partial charge is 0.253 e. The van der Waals surface area contributed by atoms with E-state index in [0.717, 1.165) is 0 Å². The van der Waals surface area contributed by atoms with Gasteiger partial charge in [0.15, 0.2) is 0 Å². The number of rotatable bonds is 0. The maximum Gasteiger partial charge on any atom is 0.0364 e. The zero-order chi connectivity index (χ0) is 6.15. The summed E-state index contributed by atoms with van der Waals surface area (Å²) in [6.07, 6.45) is 0. The zero-order valence-electron chi connectivity index (χ0n) is 5.49. The summed E-state index contributed by atoms with van der Waals surface area (Å²) in [5, 5.41) is 0. The molecule has 0 bridgehead atoms. The van der Waals surface area contributed by atoms with Crippen LogP contribution in [-0.2, 0) is 0 Å². The van der Waals surface area contributed by atoms with Gasteiger partial charge in [0.2, 0.25) is 0 Å². The van der Waals surface area contributed by atoms with Crippen molar-refractivity contribution in [2.45, 2.75) is 26.8 Å². The van der Waals surface area contributed by atoms with Crippen molar-refractivity contribution in [3.05, 3.63) is 10.5 Å². The van der Waals surface area contributed by atoms with Gasteiger partial charge in [0.1, 0.15) is 0 Å². The molecular formula is C6H11NS. The topological polar surface area (TPSA) is 12.0 Å². The summed E-state index contributed by atoms with van der Waals surface area (Å²) in [6.45, 7) is 6.50. The van der Waals surface area contributed by atoms with E-state index in [9.17, 15) is 0 Å². The van der Waals surface area contributed by atoms with Crippen LogP contribution in [0.2, 0.25) is 0 Å². The molecule has 0 aliphatic carbocycles. The van der Waals surface area contributed by atoms with Crippen molar-refractivity contribution in [1.82, 2.24) is 4.72 Å². The van der Waals surface area contributed by atoms with E-state index < -0.39 is 0 Å². The number of hydrogen-bond acceptors (Lipinski definition) is 2. The highest BCUT2D eigenvalue weighted by Gasteiger charge is 2.13. The van der Waals surface area contributed by atoms with E-state index in [2.05, 4.69) is 25.5 Å². The van der Waals surface area contributed by atoms with Gasteiger partial charge >= 0.3 is 0 Å². The van der Waals surface area contributed by atoms with Gasteiger partial charge in [0.25, 0.3) is 0 Å². The van der Waals surface area contributed by atoms with E-state index in [1.54, 1.807) is 11.9 Å². The molecule has 2 heteroatoms. The summed E-state index contributed by atoms with van der Waals surface area (Å²) < 4.78 is 3.26. The lowest BCUT2D eigenvalue weighted by atomic mass is 10.2. The summed E-state index contributed by atoms with van der Waals surface area (Å²) in [4.78, 5) is 1.43. The third-order valence-corrected chi connectivity index (χ3v) is 2.69. The third kappa shape index (κ3) is 0.906. The average molecular weight is 129 g/mol. The quantitative estimate of drug-likeness (QED) is 0.501. The molecule has 0 radical (unpaired) electrons. The lowest BCUT2D eigenvalue weighted by Crippen LogP contribution is -2.13. The van der Waals surface area contributed by atoms with Crippen molar-refractivity contribution < 1.29 is 0 Å². The van der Waals surface area contributed by atoms with Crippen LogP contribution in [0.3, 0.4) is 0 Å². The minimum absolute atomic E-state index is 0.583. The molecule has 0 aromatic rings. The standard InChI is InChI=1S/C6H11NS/c1-4-5(2)7-8-6(4)3/h5,7H,1-3H3. The predicted octanol–water partition coefficient (Wildman–Crippen LogP) is 1.92. The number of nitrogens with one attached hydrogen (secondary N) is 1. The molecule has 0 aromatic carbocycles. The molecule has 46 valence electrons. The molecule has 0 aromatic heterocycles. The van der Waals surface area contributed by atoms with Crippen LogP contribution in [0.25, 0.3) is 0 Å². The van der Waals surface area contributed by atoms with Gasteiger partial charge in [-0.3, -0.25) is 4.72 Å². The van der Waals surface area contributed by atoms with E-state index in [1.165, 1.54) is 10.5 Å². The van der Waals surface area contributed by atoms with Crippen LogP contribution in [0.15, 0.2) is 10.5 Å². The Hall–Kier alpha value is 0.0500. The van der Waals surface area contributed by atoms with Crippen molar-refractivity contribution >= 4 is 11.9 Å². The van der Waals surface area contributed by atoms with E-state index in [0.29, 0.717) is 6.04 Å². The molecule has 1 heterocycles. The molecule has 1 aliphatic heterocycles. The van der Waals surface area contributed by atoms with Gasteiger partial charge in [-0.25, -0.2) is 0 Å². The van der Waals surface area contributed by atoms with Crippen LogP contribution in [0.1, 0.15) is 20.8 Å². The fraction of sp³-hybridized carbons (Fsp3) is 0.667. The first-order valence-corrected chi connectivity index (χ1v) is 3.63. The Bertz CT molecular complexity index is 128. The van der Waals surface area contributed by atoms with Crippen molar-refractivity contribution in [3.63, 3.8) is 0 Å². The van der Waals surface area contributed by atoms with Gasteiger partial charge in [0, 0.05) is 6.04 Å². The van der Waals surface area contributed by atoms with Crippen molar-refractivity contribution in [1.29, 1.82) is 0 Å². The van der Waals surface area contributed by atoms with Crippen LogP contribution in [0.5, 0.6) is 0 Å². The fourth-order valence-electron chi connectivity index (χ4n) is 0.651. The van der Waals surface area contributed by atoms with Crippen molar-refractivity contribution in [3.8, 4) is 0 Å². The summed E-state index contributed by atoms with van der Waals surface area (Å²) in [7, 11) is 0. The molecule has 8 heavy (non-hydrogen) atoms. The smallest absolute Gasteiger partial charge is 0.0364 e. The minimum Gasteiger partial charge on any atom is -0.253 e. The van der Waals surface area contributed by atoms with Crippen molar-refractivity contribution in [2.24, 2.45) is 0 Å². The molecule has 0 spiro atoms. The van der Waals surface area contributed by atoms with Crippen LogP contribution < -0.4 is 4.72 Å². The first-order chi connectivity index (χ1) is 3.72. The first-order valence-electron chi connectivity index (χ1n) is 2.81. The van der Waals surface area contributed by atoms with Gasteiger partial charge in [-0.1, -0.05) is 0 Å². The Morgan fingerprint density at radius 2 is 2.12 bits per heavy atom. The molecule has 0 amide bonds. The Kier molecular flexibility index (Phi) is 1.63. The van der Waals surface area contributed by atoms with E-state index in [1.807, 2.05) is 0 Å². The van der Waals surface area contributed by atoms with Crippen LogP contribution >= 0.6 is 11.9 Å². The fourth-order valence-corrected chi connectivity index (χ4v) is 1.52. The number of allylic oxidation sites excluding steroid dienone is 1. The van der Waals surface area contributed by atoms with Gasteiger partial charge in [-0.05, 0) is 43.2 Å². The minimum atomic E-state index is 0.583. The second kappa shape index (κ2) is 2.11. The molecule has 1 rings (SSSR count). The Morgan fingerprint density at radius 3 is 2.25 bits per heavy atom. The Morgan fingerprint density at radius 1 is 1.50 bits per heavy atom. The van der Waals surface area contributed by atoms with E-state index >= 15 is 0 Å². The molecule has 0 saturated carbocycles. The summed E-state index contributed by atoms with van der Waals surface area (Å²) in [5.74, 6) is 0. The van der Waals surface area contributed by atoms with Crippen LogP contribution in [0.4, 0.5) is 0 Å². The maximum atomic E-state index is 3.26. The zero-order valence-corrected chi connectivity index (χ0v) is 6.30. The first kappa shape index (κ1) is 6.17. The lowest BCUT2D eigenvalue weighted by Gasteiger charge is -2.00. The van der Waals surface area contributed by atoms with Gasteiger partial charge in [-0.2, -0.15) is 0 Å². The molecule has 1 N–H and O–H groups in total. The third-order valence-electron chi connectivity index (χ3n) is 1.59. The second-order valence-corrected chi connectivity index (χ2v) is 3.23. The van der Waals surface area contributed by atoms with Crippen LogP contribution in [0, 0.1) is 0 Å². The monoisotopic (exact) mass is 129 g/mol.